The molecule has 1 rings (SSSR count). The van der Waals surface area contributed by atoms with Gasteiger partial charge in [0.05, 0.1) is 0 Å². The Labute approximate surface area is 76.1 Å². The quantitative estimate of drug-likeness (QED) is 0.641. The van der Waals surface area contributed by atoms with Gasteiger partial charge in [0.25, 0.3) is 0 Å². The first-order valence-corrected chi connectivity index (χ1v) is 3.82. The summed E-state index contributed by atoms with van der Waals surface area (Å²) in [5.41, 5.74) is 8.17. The van der Waals surface area contributed by atoms with Gasteiger partial charge in [-0.05, 0) is 19.4 Å². The molecule has 0 aliphatic heterocycles. The van der Waals surface area contributed by atoms with Gasteiger partial charge < -0.3 is 15.8 Å². The molecular weight excluding hydrogens is 168 g/mol. The SMILES string of the molecule is C=C(N)c1c(C)[nH]c(C(=O)O)c1C. The van der Waals surface area contributed by atoms with Crippen LogP contribution in [0.3, 0.4) is 0 Å². The number of nitrogens with two attached hydrogens (primary N) is 1. The Bertz CT molecular complexity index is 377. The summed E-state index contributed by atoms with van der Waals surface area (Å²) in [6.45, 7) is 7.06. The molecule has 70 valence electrons. The Kier molecular flexibility index (Phi) is 2.14. The molecule has 1 aromatic rings. The maximum Gasteiger partial charge on any atom is 0.352 e. The van der Waals surface area contributed by atoms with Crippen molar-refractivity contribution >= 4 is 11.7 Å². The minimum atomic E-state index is -0.979. The van der Waals surface area contributed by atoms with Gasteiger partial charge in [-0.2, -0.15) is 0 Å². The second-order valence-electron chi connectivity index (χ2n) is 2.96. The Morgan fingerprint density at radius 1 is 1.54 bits per heavy atom. The highest BCUT2D eigenvalue weighted by atomic mass is 16.4. The smallest absolute Gasteiger partial charge is 0.352 e. The predicted molar refractivity (Wildman–Crippen MR) is 50.4 cm³/mol. The van der Waals surface area contributed by atoms with E-state index >= 15 is 0 Å². The number of aromatic nitrogens is 1. The average molecular weight is 180 g/mol. The van der Waals surface area contributed by atoms with Crippen LogP contribution < -0.4 is 5.73 Å². The molecule has 0 radical (unpaired) electrons. The van der Waals surface area contributed by atoms with Crippen LogP contribution in [0.5, 0.6) is 0 Å². The first kappa shape index (κ1) is 9.38. The molecule has 0 saturated heterocycles. The molecular formula is C9H12N2O2. The highest BCUT2D eigenvalue weighted by Gasteiger charge is 2.16. The zero-order chi connectivity index (χ0) is 10.2. The van der Waals surface area contributed by atoms with E-state index < -0.39 is 5.97 Å². The van der Waals surface area contributed by atoms with Gasteiger partial charge in [0.2, 0.25) is 0 Å². The van der Waals surface area contributed by atoms with E-state index in [1.54, 1.807) is 13.8 Å². The van der Waals surface area contributed by atoms with Crippen LogP contribution in [0.4, 0.5) is 0 Å². The maximum absolute atomic E-state index is 10.7. The summed E-state index contributed by atoms with van der Waals surface area (Å²) in [6, 6.07) is 0. The molecule has 4 heteroatoms. The van der Waals surface area contributed by atoms with E-state index in [0.717, 1.165) is 5.69 Å². The number of aryl methyl sites for hydroxylation is 1. The number of carboxylic acid groups (broad SMARTS) is 1. The molecule has 0 aliphatic carbocycles. The number of carbonyl (C=O) groups is 1. The van der Waals surface area contributed by atoms with E-state index in [2.05, 4.69) is 11.6 Å². The van der Waals surface area contributed by atoms with Crippen LogP contribution in [-0.2, 0) is 0 Å². The van der Waals surface area contributed by atoms with Crippen molar-refractivity contribution in [3.8, 4) is 0 Å². The zero-order valence-electron chi connectivity index (χ0n) is 7.64. The third-order valence-corrected chi connectivity index (χ3v) is 1.97. The number of rotatable bonds is 2. The van der Waals surface area contributed by atoms with E-state index in [1.165, 1.54) is 0 Å². The largest absolute Gasteiger partial charge is 0.477 e. The van der Waals surface area contributed by atoms with Crippen molar-refractivity contribution in [2.75, 3.05) is 0 Å². The Hall–Kier alpha value is -1.71. The van der Waals surface area contributed by atoms with Crippen LogP contribution in [0.25, 0.3) is 5.70 Å². The van der Waals surface area contributed by atoms with Gasteiger partial charge in [0, 0.05) is 17.0 Å². The molecule has 0 atom stereocenters. The molecule has 0 aromatic carbocycles. The fourth-order valence-corrected chi connectivity index (χ4v) is 1.45. The van der Waals surface area contributed by atoms with Gasteiger partial charge in [-0.15, -0.1) is 0 Å². The topological polar surface area (TPSA) is 79.1 Å². The lowest BCUT2D eigenvalue weighted by molar-refractivity contribution is 0.0690. The highest BCUT2D eigenvalue weighted by molar-refractivity contribution is 5.90. The number of carboxylic acids is 1. The number of aromatic carboxylic acids is 1. The van der Waals surface area contributed by atoms with Crippen molar-refractivity contribution in [3.05, 3.63) is 29.1 Å². The van der Waals surface area contributed by atoms with Crippen LogP contribution in [0.2, 0.25) is 0 Å². The summed E-state index contributed by atoms with van der Waals surface area (Å²) in [5, 5.41) is 8.78. The lowest BCUT2D eigenvalue weighted by atomic mass is 10.1. The second kappa shape index (κ2) is 2.97. The van der Waals surface area contributed by atoms with Crippen LogP contribution in [-0.4, -0.2) is 16.1 Å². The van der Waals surface area contributed by atoms with Gasteiger partial charge in [-0.3, -0.25) is 0 Å². The minimum Gasteiger partial charge on any atom is -0.477 e. The molecule has 0 unspecified atom stereocenters. The first-order chi connectivity index (χ1) is 5.95. The van der Waals surface area contributed by atoms with Crippen LogP contribution in [0.1, 0.15) is 27.3 Å². The van der Waals surface area contributed by atoms with Gasteiger partial charge in [-0.1, -0.05) is 6.58 Å². The Balaban J connectivity index is 3.39. The molecule has 0 spiro atoms. The van der Waals surface area contributed by atoms with E-state index in [4.69, 9.17) is 10.8 Å². The van der Waals surface area contributed by atoms with Gasteiger partial charge >= 0.3 is 5.97 Å². The molecule has 13 heavy (non-hydrogen) atoms. The normalized spacial score (nSPS) is 10.0. The monoisotopic (exact) mass is 180 g/mol. The van der Waals surface area contributed by atoms with Crippen molar-refractivity contribution in [3.63, 3.8) is 0 Å². The van der Waals surface area contributed by atoms with Crippen molar-refractivity contribution < 1.29 is 9.90 Å². The van der Waals surface area contributed by atoms with Crippen molar-refractivity contribution in [2.45, 2.75) is 13.8 Å². The zero-order valence-corrected chi connectivity index (χ0v) is 7.64. The van der Waals surface area contributed by atoms with Gasteiger partial charge in [0.1, 0.15) is 5.69 Å². The standard InChI is InChI=1S/C9H12N2O2/c1-4-7(5(2)10)6(3)11-8(4)9(12)13/h11H,2,10H2,1,3H3,(H,12,13). The molecule has 0 fully saturated rings. The van der Waals surface area contributed by atoms with Crippen molar-refractivity contribution in [2.24, 2.45) is 5.73 Å². The summed E-state index contributed by atoms with van der Waals surface area (Å²) < 4.78 is 0. The molecule has 4 nitrogen and oxygen atoms in total. The molecule has 0 aliphatic rings. The fourth-order valence-electron chi connectivity index (χ4n) is 1.45. The maximum atomic E-state index is 10.7. The molecule has 1 heterocycles. The summed E-state index contributed by atoms with van der Waals surface area (Å²) in [7, 11) is 0. The lowest BCUT2D eigenvalue weighted by Gasteiger charge is -1.99. The third kappa shape index (κ3) is 1.42. The minimum absolute atomic E-state index is 0.180. The fraction of sp³-hybridized carbons (Fsp3) is 0.222. The van der Waals surface area contributed by atoms with Gasteiger partial charge in [-0.25, -0.2) is 4.79 Å². The summed E-state index contributed by atoms with van der Waals surface area (Å²) >= 11 is 0. The summed E-state index contributed by atoms with van der Waals surface area (Å²) in [6.07, 6.45) is 0. The molecule has 1 aromatic heterocycles. The number of hydrogen-bond donors (Lipinski definition) is 3. The Morgan fingerprint density at radius 2 is 2.08 bits per heavy atom. The lowest BCUT2D eigenvalue weighted by Crippen LogP contribution is -2.00. The van der Waals surface area contributed by atoms with Crippen LogP contribution in [0, 0.1) is 13.8 Å². The van der Waals surface area contributed by atoms with Crippen molar-refractivity contribution in [1.82, 2.24) is 4.98 Å². The van der Waals surface area contributed by atoms with Crippen LogP contribution in [0.15, 0.2) is 6.58 Å². The van der Waals surface area contributed by atoms with E-state index in [0.29, 0.717) is 16.8 Å². The number of aromatic amines is 1. The van der Waals surface area contributed by atoms with E-state index in [9.17, 15) is 4.79 Å². The molecule has 4 N–H and O–H groups in total. The van der Waals surface area contributed by atoms with Crippen LogP contribution >= 0.6 is 0 Å². The summed E-state index contributed by atoms with van der Waals surface area (Å²) in [5.74, 6) is -0.979. The highest BCUT2D eigenvalue weighted by Crippen LogP contribution is 2.21. The predicted octanol–water partition coefficient (Wildman–Crippen LogP) is 1.26. The van der Waals surface area contributed by atoms with Gasteiger partial charge in [0.15, 0.2) is 0 Å². The second-order valence-corrected chi connectivity index (χ2v) is 2.96. The van der Waals surface area contributed by atoms with Crippen molar-refractivity contribution in [1.29, 1.82) is 0 Å². The van der Waals surface area contributed by atoms with E-state index in [-0.39, 0.29) is 5.69 Å². The first-order valence-electron chi connectivity index (χ1n) is 3.82. The molecule has 0 amide bonds. The number of H-pyrrole nitrogens is 1. The van der Waals surface area contributed by atoms with E-state index in [1.807, 2.05) is 0 Å². The molecule has 0 saturated carbocycles. The average Bonchev–Trinajstić information content (AvgIpc) is 2.26. The number of hydrogen-bond acceptors (Lipinski definition) is 2. The Morgan fingerprint density at radius 3 is 2.31 bits per heavy atom. The third-order valence-electron chi connectivity index (χ3n) is 1.97. The number of nitrogens with one attached hydrogen (secondary N) is 1. The summed E-state index contributed by atoms with van der Waals surface area (Å²) in [4.78, 5) is 13.5. The molecule has 0 bridgehead atoms.